The molecular weight excluding hydrogens is 221 g/mol. The molecule has 1 unspecified atom stereocenters. The molecule has 0 aliphatic rings. The Morgan fingerprint density at radius 2 is 1.94 bits per heavy atom. The van der Waals surface area contributed by atoms with E-state index in [2.05, 4.69) is 0 Å². The van der Waals surface area contributed by atoms with Crippen LogP contribution in [0.15, 0.2) is 24.3 Å². The van der Waals surface area contributed by atoms with Crippen molar-refractivity contribution in [2.45, 2.75) is 25.4 Å². The van der Waals surface area contributed by atoms with Gasteiger partial charge in [0.05, 0.1) is 12.3 Å². The average Bonchev–Trinajstić information content (AvgIpc) is 2.13. The molecule has 1 rings (SSSR count). The number of carbonyl (C=O) groups is 1. The number of benzene rings is 1. The summed E-state index contributed by atoms with van der Waals surface area (Å²) in [5.74, 6) is -3.39. The van der Waals surface area contributed by atoms with Crippen molar-refractivity contribution >= 4 is 5.97 Å². The fourth-order valence-electron chi connectivity index (χ4n) is 1.55. The maximum absolute atomic E-state index is 12.7. The lowest BCUT2D eigenvalue weighted by Crippen LogP contribution is -2.24. The van der Waals surface area contributed by atoms with Crippen LogP contribution in [0.2, 0.25) is 0 Å². The summed E-state index contributed by atoms with van der Waals surface area (Å²) in [5.41, 5.74) is 0.475. The van der Waals surface area contributed by atoms with Gasteiger partial charge < -0.3 is 5.11 Å². The monoisotopic (exact) mass is 232 g/mol. The Labute approximate surface area is 90.7 Å². The Kier molecular flexibility index (Phi) is 3.57. The van der Waals surface area contributed by atoms with E-state index in [1.165, 1.54) is 25.1 Å². The van der Waals surface area contributed by atoms with Crippen LogP contribution in [-0.4, -0.2) is 17.3 Å². The smallest absolute Gasteiger partial charge is 0.396 e. The highest BCUT2D eigenvalue weighted by atomic mass is 19.4. The molecule has 0 bridgehead atoms. The van der Waals surface area contributed by atoms with Gasteiger partial charge in [-0.3, -0.25) is 4.79 Å². The number of halogens is 3. The number of hydrogen-bond acceptors (Lipinski definition) is 1. The van der Waals surface area contributed by atoms with E-state index in [9.17, 15) is 18.0 Å². The molecule has 0 aliphatic carbocycles. The Balaban J connectivity index is 3.12. The van der Waals surface area contributed by atoms with Crippen molar-refractivity contribution in [3.8, 4) is 0 Å². The summed E-state index contributed by atoms with van der Waals surface area (Å²) in [5, 5.41) is 8.50. The van der Waals surface area contributed by atoms with Gasteiger partial charge in [-0.1, -0.05) is 24.3 Å². The minimum absolute atomic E-state index is 0.0254. The third kappa shape index (κ3) is 2.98. The van der Waals surface area contributed by atoms with Crippen LogP contribution in [0.5, 0.6) is 0 Å². The highest BCUT2D eigenvalue weighted by Crippen LogP contribution is 2.38. The van der Waals surface area contributed by atoms with Crippen LogP contribution in [0, 0.1) is 6.92 Å². The molecule has 0 amide bonds. The highest BCUT2D eigenvalue weighted by Gasteiger charge is 2.42. The Morgan fingerprint density at radius 3 is 2.38 bits per heavy atom. The Morgan fingerprint density at radius 1 is 1.38 bits per heavy atom. The highest BCUT2D eigenvalue weighted by molar-refractivity contribution is 5.68. The van der Waals surface area contributed by atoms with E-state index in [4.69, 9.17) is 5.11 Å². The zero-order valence-electron chi connectivity index (χ0n) is 8.58. The molecule has 0 saturated carbocycles. The summed E-state index contributed by atoms with van der Waals surface area (Å²) in [6, 6.07) is 5.95. The summed E-state index contributed by atoms with van der Waals surface area (Å²) in [7, 11) is 0. The quantitative estimate of drug-likeness (QED) is 0.869. The van der Waals surface area contributed by atoms with E-state index in [1.54, 1.807) is 6.07 Å². The third-order valence-corrected chi connectivity index (χ3v) is 2.34. The van der Waals surface area contributed by atoms with E-state index in [-0.39, 0.29) is 5.56 Å². The molecule has 16 heavy (non-hydrogen) atoms. The van der Waals surface area contributed by atoms with Crippen LogP contribution >= 0.6 is 0 Å². The topological polar surface area (TPSA) is 37.3 Å². The minimum atomic E-state index is -4.54. The second kappa shape index (κ2) is 4.55. The predicted molar refractivity (Wildman–Crippen MR) is 52.2 cm³/mol. The van der Waals surface area contributed by atoms with Gasteiger partial charge in [0.1, 0.15) is 0 Å². The average molecular weight is 232 g/mol. The molecule has 1 aromatic rings. The molecule has 1 aromatic carbocycles. The number of carboxylic acid groups (broad SMARTS) is 1. The maximum Gasteiger partial charge on any atom is 0.396 e. The lowest BCUT2D eigenvalue weighted by molar-refractivity contribution is -0.163. The number of hydrogen-bond donors (Lipinski definition) is 1. The van der Waals surface area contributed by atoms with Crippen molar-refractivity contribution in [2.24, 2.45) is 0 Å². The summed E-state index contributed by atoms with van der Waals surface area (Å²) < 4.78 is 38.0. The Hall–Kier alpha value is -1.52. The molecule has 1 N–H and O–H groups in total. The number of rotatable bonds is 3. The van der Waals surface area contributed by atoms with Gasteiger partial charge in [-0.25, -0.2) is 0 Å². The van der Waals surface area contributed by atoms with Gasteiger partial charge in [-0.2, -0.15) is 13.2 Å². The number of carboxylic acids is 1. The lowest BCUT2D eigenvalue weighted by atomic mass is 9.91. The molecule has 0 fully saturated rings. The number of alkyl halides is 3. The van der Waals surface area contributed by atoms with Crippen LogP contribution in [0.1, 0.15) is 23.5 Å². The van der Waals surface area contributed by atoms with Crippen LogP contribution < -0.4 is 0 Å². The SMILES string of the molecule is Cc1ccccc1C(CC(=O)O)C(F)(F)F. The second-order valence-electron chi connectivity index (χ2n) is 3.55. The molecule has 88 valence electrons. The van der Waals surface area contributed by atoms with E-state index < -0.39 is 24.5 Å². The van der Waals surface area contributed by atoms with E-state index in [0.29, 0.717) is 5.56 Å². The van der Waals surface area contributed by atoms with Gasteiger partial charge in [0, 0.05) is 0 Å². The molecule has 2 nitrogen and oxygen atoms in total. The standard InChI is InChI=1S/C11H11F3O2/c1-7-4-2-3-5-8(7)9(6-10(15)16)11(12,13)14/h2-5,9H,6H2,1H3,(H,15,16). The van der Waals surface area contributed by atoms with Gasteiger partial charge in [-0.15, -0.1) is 0 Å². The van der Waals surface area contributed by atoms with Crippen LogP contribution in [0.25, 0.3) is 0 Å². The normalized spacial score (nSPS) is 13.5. The first kappa shape index (κ1) is 12.5. The summed E-state index contributed by atoms with van der Waals surface area (Å²) in [4.78, 5) is 10.4. The Bertz CT molecular complexity index is 385. The van der Waals surface area contributed by atoms with Gasteiger partial charge in [0.15, 0.2) is 0 Å². The summed E-state index contributed by atoms with van der Waals surface area (Å²) in [6.07, 6.45) is -5.47. The van der Waals surface area contributed by atoms with Crippen molar-refractivity contribution in [1.82, 2.24) is 0 Å². The predicted octanol–water partition coefficient (Wildman–Crippen LogP) is 3.12. The molecule has 0 radical (unpaired) electrons. The van der Waals surface area contributed by atoms with Gasteiger partial charge >= 0.3 is 12.1 Å². The van der Waals surface area contributed by atoms with Crippen LogP contribution in [0.3, 0.4) is 0 Å². The van der Waals surface area contributed by atoms with E-state index in [1.807, 2.05) is 0 Å². The first-order chi connectivity index (χ1) is 7.32. The fourth-order valence-corrected chi connectivity index (χ4v) is 1.55. The molecular formula is C11H11F3O2. The number of aliphatic carboxylic acids is 1. The zero-order valence-corrected chi connectivity index (χ0v) is 8.58. The first-order valence-electron chi connectivity index (χ1n) is 4.66. The number of aryl methyl sites for hydroxylation is 1. The van der Waals surface area contributed by atoms with E-state index in [0.717, 1.165) is 0 Å². The van der Waals surface area contributed by atoms with Crippen molar-refractivity contribution in [3.05, 3.63) is 35.4 Å². The maximum atomic E-state index is 12.7. The summed E-state index contributed by atoms with van der Waals surface area (Å²) >= 11 is 0. The van der Waals surface area contributed by atoms with Gasteiger partial charge in [0.25, 0.3) is 0 Å². The van der Waals surface area contributed by atoms with Crippen molar-refractivity contribution in [3.63, 3.8) is 0 Å². The van der Waals surface area contributed by atoms with Gasteiger partial charge in [-0.05, 0) is 18.1 Å². The van der Waals surface area contributed by atoms with Crippen LogP contribution in [-0.2, 0) is 4.79 Å². The molecule has 0 saturated heterocycles. The lowest BCUT2D eigenvalue weighted by Gasteiger charge is -2.20. The third-order valence-electron chi connectivity index (χ3n) is 2.34. The van der Waals surface area contributed by atoms with Crippen LogP contribution in [0.4, 0.5) is 13.2 Å². The molecule has 0 spiro atoms. The fraction of sp³-hybridized carbons (Fsp3) is 0.364. The molecule has 5 heteroatoms. The van der Waals surface area contributed by atoms with Crippen molar-refractivity contribution in [2.75, 3.05) is 0 Å². The second-order valence-corrected chi connectivity index (χ2v) is 3.55. The van der Waals surface area contributed by atoms with Crippen molar-refractivity contribution < 1.29 is 23.1 Å². The molecule has 1 atom stereocenters. The molecule has 0 aromatic heterocycles. The van der Waals surface area contributed by atoms with Crippen molar-refractivity contribution in [1.29, 1.82) is 0 Å². The first-order valence-corrected chi connectivity index (χ1v) is 4.66. The van der Waals surface area contributed by atoms with E-state index >= 15 is 0 Å². The largest absolute Gasteiger partial charge is 0.481 e. The molecule has 0 heterocycles. The zero-order chi connectivity index (χ0) is 12.3. The van der Waals surface area contributed by atoms with Gasteiger partial charge in [0.2, 0.25) is 0 Å². The minimum Gasteiger partial charge on any atom is -0.481 e. The molecule has 0 aliphatic heterocycles. The summed E-state index contributed by atoms with van der Waals surface area (Å²) in [6.45, 7) is 1.54.